The molecule has 1 saturated heterocycles. The van der Waals surface area contributed by atoms with E-state index in [1.54, 1.807) is 0 Å². The second kappa shape index (κ2) is 38.8. The number of carbonyl (C=O) groups excluding carboxylic acids is 2. The third-order valence-corrected chi connectivity index (χ3v) is 12.3. The number of allylic oxidation sites excluding steroid dienone is 2. The summed E-state index contributed by atoms with van der Waals surface area (Å²) in [5.74, 6) is -1.97. The number of carbonyl (C=O) groups is 2. The summed E-state index contributed by atoms with van der Waals surface area (Å²) in [6.45, 7) is 3.78. The van der Waals surface area contributed by atoms with Gasteiger partial charge in [-0.1, -0.05) is 187 Å². The van der Waals surface area contributed by atoms with Gasteiger partial charge < -0.3 is 34.3 Å². The van der Waals surface area contributed by atoms with Gasteiger partial charge >= 0.3 is 11.9 Å². The monoisotopic (exact) mass is 891 g/mol. The number of aliphatic hydroxyl groups is 3. The molecule has 0 aromatic carbocycles. The van der Waals surface area contributed by atoms with Crippen LogP contribution in [0.2, 0.25) is 0 Å². The van der Waals surface area contributed by atoms with Gasteiger partial charge in [0.05, 0.1) is 6.61 Å². The molecule has 0 bridgehead atoms. The van der Waals surface area contributed by atoms with Crippen LogP contribution in [0, 0.1) is 0 Å². The molecular formula is C48H90O12S. The van der Waals surface area contributed by atoms with Crippen molar-refractivity contribution in [1.29, 1.82) is 0 Å². The highest BCUT2D eigenvalue weighted by molar-refractivity contribution is 7.85. The largest absolute Gasteiger partial charge is 0.462 e. The number of ether oxygens (including phenoxy) is 4. The van der Waals surface area contributed by atoms with Gasteiger partial charge in [-0.2, -0.15) is 8.42 Å². The van der Waals surface area contributed by atoms with Crippen LogP contribution in [0.5, 0.6) is 0 Å². The quantitative estimate of drug-likeness (QED) is 0.0197. The summed E-state index contributed by atoms with van der Waals surface area (Å²) in [5, 5.41) is 30.9. The van der Waals surface area contributed by atoms with E-state index in [1.807, 2.05) is 0 Å². The SMILES string of the molecule is CCCCCCCC/C=C/CCCCCCCCCC(=O)O[C@H](COC(=O)CCCCCCCCCCCCCCCCCC)CO[C@H]1O[C@H](CS(=O)(=O)O)[C@@H](O)C(O)C1O. The fourth-order valence-electron chi connectivity index (χ4n) is 7.73. The van der Waals surface area contributed by atoms with Crippen molar-refractivity contribution in [3.8, 4) is 0 Å². The topological polar surface area (TPSA) is 186 Å². The highest BCUT2D eigenvalue weighted by Gasteiger charge is 2.46. The van der Waals surface area contributed by atoms with Gasteiger partial charge in [0.25, 0.3) is 10.1 Å². The van der Waals surface area contributed by atoms with Crippen molar-refractivity contribution in [2.45, 2.75) is 263 Å². The van der Waals surface area contributed by atoms with Crippen LogP contribution >= 0.6 is 0 Å². The summed E-state index contributed by atoms with van der Waals surface area (Å²) in [4.78, 5) is 25.5. The van der Waals surface area contributed by atoms with Gasteiger partial charge in [-0.3, -0.25) is 14.1 Å². The molecule has 4 N–H and O–H groups in total. The lowest BCUT2D eigenvalue weighted by Gasteiger charge is -2.40. The Kier molecular flexibility index (Phi) is 36.5. The molecule has 360 valence electrons. The summed E-state index contributed by atoms with van der Waals surface area (Å²) in [7, 11) is -4.60. The van der Waals surface area contributed by atoms with Crippen molar-refractivity contribution in [3.63, 3.8) is 0 Å². The summed E-state index contributed by atoms with van der Waals surface area (Å²) in [6, 6.07) is 0. The van der Waals surface area contributed by atoms with E-state index in [9.17, 15) is 37.9 Å². The van der Waals surface area contributed by atoms with E-state index in [1.165, 1.54) is 135 Å². The Hall–Kier alpha value is -1.61. The van der Waals surface area contributed by atoms with Gasteiger partial charge in [0.2, 0.25) is 0 Å². The average molecular weight is 891 g/mol. The van der Waals surface area contributed by atoms with Crippen LogP contribution in [0.4, 0.5) is 0 Å². The highest BCUT2D eigenvalue weighted by atomic mass is 32.2. The van der Waals surface area contributed by atoms with Gasteiger partial charge in [-0.05, 0) is 38.5 Å². The molecule has 1 fully saturated rings. The Morgan fingerprint density at radius 2 is 0.934 bits per heavy atom. The summed E-state index contributed by atoms with van der Waals surface area (Å²) in [6.07, 6.45) is 32.5. The van der Waals surface area contributed by atoms with Crippen molar-refractivity contribution in [1.82, 2.24) is 0 Å². The van der Waals surface area contributed by atoms with Crippen LogP contribution in [0.1, 0.15) is 226 Å². The van der Waals surface area contributed by atoms with Crippen molar-refractivity contribution in [2.24, 2.45) is 0 Å². The van der Waals surface area contributed by atoms with Crippen LogP contribution in [0.3, 0.4) is 0 Å². The molecule has 0 aromatic rings. The lowest BCUT2D eigenvalue weighted by atomic mass is 10.00. The van der Waals surface area contributed by atoms with E-state index in [4.69, 9.17) is 18.9 Å². The smallest absolute Gasteiger partial charge is 0.306 e. The molecule has 61 heavy (non-hydrogen) atoms. The maximum absolute atomic E-state index is 12.8. The molecular weight excluding hydrogens is 801 g/mol. The molecule has 1 aliphatic heterocycles. The molecule has 0 aromatic heterocycles. The first kappa shape index (κ1) is 57.4. The zero-order valence-corrected chi connectivity index (χ0v) is 39.4. The third-order valence-electron chi connectivity index (χ3n) is 11.6. The van der Waals surface area contributed by atoms with Crippen LogP contribution in [0.25, 0.3) is 0 Å². The van der Waals surface area contributed by atoms with Gasteiger partial charge in [-0.25, -0.2) is 0 Å². The van der Waals surface area contributed by atoms with E-state index < -0.39 is 71.2 Å². The minimum absolute atomic E-state index is 0.164. The molecule has 0 amide bonds. The highest BCUT2D eigenvalue weighted by Crippen LogP contribution is 2.24. The fourth-order valence-corrected chi connectivity index (χ4v) is 8.42. The van der Waals surface area contributed by atoms with Crippen LogP contribution in [-0.4, -0.2) is 96.0 Å². The lowest BCUT2D eigenvalue weighted by molar-refractivity contribution is -0.297. The number of aliphatic hydroxyl groups excluding tert-OH is 3. The lowest BCUT2D eigenvalue weighted by Crippen LogP contribution is -2.60. The molecule has 0 aliphatic carbocycles. The Morgan fingerprint density at radius 3 is 1.36 bits per heavy atom. The number of hydrogen-bond donors (Lipinski definition) is 4. The van der Waals surface area contributed by atoms with Crippen molar-refractivity contribution in [2.75, 3.05) is 19.0 Å². The number of rotatable bonds is 42. The normalized spacial score (nSPS) is 20.0. The maximum atomic E-state index is 12.8. The Bertz CT molecular complexity index is 1180. The second-order valence-electron chi connectivity index (χ2n) is 17.5. The van der Waals surface area contributed by atoms with Gasteiger partial charge in [0.15, 0.2) is 12.4 Å². The predicted octanol–water partition coefficient (Wildman–Crippen LogP) is 10.6. The molecule has 1 heterocycles. The van der Waals surface area contributed by atoms with E-state index in [0.717, 1.165) is 51.4 Å². The zero-order chi connectivity index (χ0) is 44.8. The standard InChI is InChI=1S/C48H90O12S/c1-3-5-7-9-11-13-15-17-19-21-23-25-27-29-31-33-35-37-44(50)59-41(39-58-48-47(53)46(52)45(51)42(60-48)40-61(54,55)56)38-57-43(49)36-34-32-30-28-26-24-22-20-18-16-14-12-10-8-6-4-2/h17,19,41-42,45-48,51-53H,3-16,18,20-40H2,1-2H3,(H,54,55,56)/b19-17+/t41-,42-,45-,46?,47?,48+/m1/s1. The third kappa shape index (κ3) is 33.6. The Balaban J connectivity index is 2.39. The van der Waals surface area contributed by atoms with Gasteiger partial charge in [0, 0.05) is 12.8 Å². The zero-order valence-electron chi connectivity index (χ0n) is 38.5. The Morgan fingerprint density at radius 1 is 0.541 bits per heavy atom. The number of hydrogen-bond acceptors (Lipinski definition) is 11. The first-order chi connectivity index (χ1) is 29.5. The van der Waals surface area contributed by atoms with Crippen LogP contribution in [0.15, 0.2) is 12.2 Å². The van der Waals surface area contributed by atoms with Crippen molar-refractivity contribution >= 4 is 22.1 Å². The first-order valence-corrected chi connectivity index (χ1v) is 26.4. The molecule has 2 unspecified atom stereocenters. The molecule has 0 saturated carbocycles. The fraction of sp³-hybridized carbons (Fsp3) is 0.917. The molecule has 0 spiro atoms. The molecule has 13 heteroatoms. The average Bonchev–Trinajstić information content (AvgIpc) is 3.22. The maximum Gasteiger partial charge on any atom is 0.306 e. The van der Waals surface area contributed by atoms with Gasteiger partial charge in [-0.15, -0.1) is 0 Å². The van der Waals surface area contributed by atoms with Crippen LogP contribution < -0.4 is 0 Å². The van der Waals surface area contributed by atoms with Crippen molar-refractivity contribution in [3.05, 3.63) is 12.2 Å². The summed E-state index contributed by atoms with van der Waals surface area (Å²) in [5.41, 5.74) is 0. The van der Waals surface area contributed by atoms with E-state index in [0.29, 0.717) is 12.8 Å². The minimum Gasteiger partial charge on any atom is -0.462 e. The van der Waals surface area contributed by atoms with Gasteiger partial charge in [0.1, 0.15) is 36.8 Å². The van der Waals surface area contributed by atoms with Crippen LogP contribution in [-0.2, 0) is 38.7 Å². The minimum atomic E-state index is -4.60. The molecule has 1 aliphatic rings. The Labute approximate surface area is 371 Å². The molecule has 0 radical (unpaired) electrons. The molecule has 1 rings (SSSR count). The predicted molar refractivity (Wildman–Crippen MR) is 243 cm³/mol. The van der Waals surface area contributed by atoms with E-state index in [-0.39, 0.29) is 19.4 Å². The molecule has 6 atom stereocenters. The summed E-state index contributed by atoms with van der Waals surface area (Å²) < 4.78 is 54.2. The van der Waals surface area contributed by atoms with E-state index in [2.05, 4.69) is 26.0 Å². The first-order valence-electron chi connectivity index (χ1n) is 24.7. The van der Waals surface area contributed by atoms with E-state index >= 15 is 0 Å². The second-order valence-corrected chi connectivity index (χ2v) is 19.0. The number of esters is 2. The number of unbranched alkanes of at least 4 members (excludes halogenated alkanes) is 28. The van der Waals surface area contributed by atoms with Crippen molar-refractivity contribution < 1.29 is 56.8 Å². The summed E-state index contributed by atoms with van der Waals surface area (Å²) >= 11 is 0. The molecule has 12 nitrogen and oxygen atoms in total.